The molecule has 148 valence electrons. The molecule has 30 heavy (non-hydrogen) atoms. The Hall–Kier alpha value is -2.25. The molecule has 0 aliphatic heterocycles. The molecule has 0 bridgehead atoms. The zero-order chi connectivity index (χ0) is 20.8. The third-order valence-electron chi connectivity index (χ3n) is 5.21. The van der Waals surface area contributed by atoms with Gasteiger partial charge in [0.15, 0.2) is 0 Å². The molecular formula is C27H24PS2+. The molecule has 0 nitrogen and oxygen atoms in total. The topological polar surface area (TPSA) is 0 Å². The van der Waals surface area contributed by atoms with E-state index >= 15 is 0 Å². The third-order valence-corrected chi connectivity index (χ3v) is 11.3. The van der Waals surface area contributed by atoms with Gasteiger partial charge in [-0.2, -0.15) is 0 Å². The second kappa shape index (κ2) is 9.71. The van der Waals surface area contributed by atoms with Crippen LogP contribution in [-0.4, -0.2) is 6.26 Å². The van der Waals surface area contributed by atoms with E-state index in [1.165, 1.54) is 26.8 Å². The van der Waals surface area contributed by atoms with E-state index in [4.69, 9.17) is 12.6 Å². The Morgan fingerprint density at radius 3 is 1.23 bits per heavy atom. The molecule has 0 atom stereocenters. The summed E-state index contributed by atoms with van der Waals surface area (Å²) in [5.41, 5.74) is 1.22. The van der Waals surface area contributed by atoms with Gasteiger partial charge in [0.05, 0.1) is 4.24 Å². The highest BCUT2D eigenvalue weighted by molar-refractivity contribution is 8.17. The van der Waals surface area contributed by atoms with Gasteiger partial charge in [0, 0.05) is 5.56 Å². The van der Waals surface area contributed by atoms with E-state index in [1.807, 2.05) is 0 Å². The first-order chi connectivity index (χ1) is 14.8. The molecule has 4 aromatic carbocycles. The van der Waals surface area contributed by atoms with Gasteiger partial charge in [0.25, 0.3) is 0 Å². The van der Waals surface area contributed by atoms with Crippen molar-refractivity contribution in [2.45, 2.75) is 0 Å². The Bertz CT molecular complexity index is 1010. The van der Waals surface area contributed by atoms with Gasteiger partial charge >= 0.3 is 0 Å². The van der Waals surface area contributed by atoms with E-state index in [0.717, 1.165) is 4.24 Å². The van der Waals surface area contributed by atoms with Crippen LogP contribution in [0.4, 0.5) is 0 Å². The van der Waals surface area contributed by atoms with Crippen LogP contribution >= 0.6 is 31.7 Å². The predicted octanol–water partition coefficient (Wildman–Crippen LogP) is 6.60. The summed E-state index contributed by atoms with van der Waals surface area (Å²) in [4.78, 5) is 0. The fraction of sp³-hybridized carbons (Fsp3) is 0.0370. The first kappa shape index (κ1) is 21.0. The average Bonchev–Trinajstić information content (AvgIpc) is 2.84. The Kier molecular flexibility index (Phi) is 6.79. The zero-order valence-electron chi connectivity index (χ0n) is 16.8. The molecule has 0 N–H and O–H groups in total. The van der Waals surface area contributed by atoms with E-state index in [9.17, 15) is 0 Å². The molecule has 0 saturated carbocycles. The molecule has 0 aromatic heterocycles. The molecule has 0 aliphatic rings. The van der Waals surface area contributed by atoms with Crippen LogP contribution in [0.1, 0.15) is 5.56 Å². The lowest BCUT2D eigenvalue weighted by atomic mass is 10.2. The largest absolute Gasteiger partial charge is 0.146 e. The first-order valence-corrected chi connectivity index (χ1v) is 13.3. The molecule has 4 aromatic rings. The second-order valence-electron chi connectivity index (χ2n) is 6.90. The summed E-state index contributed by atoms with van der Waals surface area (Å²) in [7, 11) is -2.18. The van der Waals surface area contributed by atoms with Gasteiger partial charge in [-0.15, -0.1) is 24.4 Å². The molecule has 0 spiro atoms. The summed E-state index contributed by atoms with van der Waals surface area (Å²) in [5, 5.41) is 5.31. The quantitative estimate of drug-likeness (QED) is 0.259. The van der Waals surface area contributed by atoms with Crippen LogP contribution in [0.3, 0.4) is 0 Å². The van der Waals surface area contributed by atoms with Gasteiger partial charge in [0.2, 0.25) is 0 Å². The van der Waals surface area contributed by atoms with Crippen molar-refractivity contribution in [3.63, 3.8) is 0 Å². The number of thioether (sulfide) groups is 1. The second-order valence-corrected chi connectivity index (χ2v) is 11.8. The average molecular weight is 444 g/mol. The monoisotopic (exact) mass is 443 g/mol. The number of rotatable bonds is 6. The zero-order valence-corrected chi connectivity index (χ0v) is 19.5. The Morgan fingerprint density at radius 1 is 0.567 bits per heavy atom. The standard InChI is InChI=1S/C27H23PS2/c1-30-27(29)26(22-14-6-2-7-15-22)28(23-16-8-3-9-17-23,24-18-10-4-11-19-24)25-20-12-5-13-21-25/h2-21H,1H3/p+1/b27-26+. The van der Waals surface area contributed by atoms with Gasteiger partial charge in [-0.25, -0.2) is 0 Å². The van der Waals surface area contributed by atoms with Crippen LogP contribution in [0, 0.1) is 0 Å². The Labute approximate surface area is 189 Å². The van der Waals surface area contributed by atoms with Crippen molar-refractivity contribution < 1.29 is 0 Å². The van der Waals surface area contributed by atoms with Crippen LogP contribution in [0.25, 0.3) is 5.31 Å². The lowest BCUT2D eigenvalue weighted by Crippen LogP contribution is -2.32. The number of hydrogen-bond acceptors (Lipinski definition) is 2. The van der Waals surface area contributed by atoms with Gasteiger partial charge in [-0.3, -0.25) is 0 Å². The van der Waals surface area contributed by atoms with Crippen molar-refractivity contribution >= 4 is 52.9 Å². The van der Waals surface area contributed by atoms with Crippen molar-refractivity contribution in [2.24, 2.45) is 0 Å². The van der Waals surface area contributed by atoms with E-state index in [2.05, 4.69) is 128 Å². The van der Waals surface area contributed by atoms with Crippen molar-refractivity contribution in [3.05, 3.63) is 131 Å². The van der Waals surface area contributed by atoms with E-state index in [1.54, 1.807) is 11.8 Å². The summed E-state index contributed by atoms with van der Waals surface area (Å²) in [6, 6.07) is 43.6. The summed E-state index contributed by atoms with van der Waals surface area (Å²) < 4.78 is 1.06. The summed E-state index contributed by atoms with van der Waals surface area (Å²) in [5.74, 6) is 0. The molecule has 0 radical (unpaired) electrons. The highest BCUT2D eigenvalue weighted by Gasteiger charge is 2.51. The van der Waals surface area contributed by atoms with Crippen molar-refractivity contribution in [1.29, 1.82) is 0 Å². The van der Waals surface area contributed by atoms with Gasteiger partial charge in [0.1, 0.15) is 28.5 Å². The highest BCUT2D eigenvalue weighted by atomic mass is 32.2. The SMILES string of the molecule is CS/C(S)=C(\c1ccccc1)[P+](c1ccccc1)(c1ccccc1)c1ccccc1. The minimum absolute atomic E-state index is 1.06. The van der Waals surface area contributed by atoms with Gasteiger partial charge < -0.3 is 0 Å². The van der Waals surface area contributed by atoms with E-state index in [-0.39, 0.29) is 0 Å². The fourth-order valence-electron chi connectivity index (χ4n) is 3.94. The van der Waals surface area contributed by atoms with Crippen LogP contribution < -0.4 is 15.9 Å². The van der Waals surface area contributed by atoms with Crippen molar-refractivity contribution in [3.8, 4) is 0 Å². The van der Waals surface area contributed by atoms with Crippen LogP contribution in [-0.2, 0) is 0 Å². The number of benzene rings is 4. The molecule has 0 unspecified atom stereocenters. The van der Waals surface area contributed by atoms with Gasteiger partial charge in [-0.05, 0) is 42.7 Å². The molecule has 4 rings (SSSR count). The van der Waals surface area contributed by atoms with E-state index in [0.29, 0.717) is 0 Å². The van der Waals surface area contributed by atoms with E-state index < -0.39 is 7.26 Å². The molecule has 3 heteroatoms. The lowest BCUT2D eigenvalue weighted by Gasteiger charge is -2.30. The number of thiol groups is 1. The van der Waals surface area contributed by atoms with Crippen molar-refractivity contribution in [1.82, 2.24) is 0 Å². The highest BCUT2D eigenvalue weighted by Crippen LogP contribution is 2.68. The summed E-state index contributed by atoms with van der Waals surface area (Å²) in [6.07, 6.45) is 2.11. The van der Waals surface area contributed by atoms with Crippen LogP contribution in [0.2, 0.25) is 0 Å². The third kappa shape index (κ3) is 3.88. The van der Waals surface area contributed by atoms with Crippen molar-refractivity contribution in [2.75, 3.05) is 6.26 Å². The minimum Gasteiger partial charge on any atom is -0.133 e. The number of hydrogen-bond donors (Lipinski definition) is 1. The molecule has 0 fully saturated rings. The maximum atomic E-state index is 5.05. The summed E-state index contributed by atoms with van der Waals surface area (Å²) in [6.45, 7) is 0. The lowest BCUT2D eigenvalue weighted by molar-refractivity contribution is 1.64. The molecule has 0 saturated heterocycles. The molecular weight excluding hydrogens is 419 g/mol. The normalized spacial score (nSPS) is 12.3. The van der Waals surface area contributed by atoms with Crippen LogP contribution in [0.5, 0.6) is 0 Å². The first-order valence-electron chi connectivity index (χ1n) is 9.87. The Morgan fingerprint density at radius 2 is 0.900 bits per heavy atom. The minimum atomic E-state index is -2.18. The molecule has 0 amide bonds. The molecule has 0 heterocycles. The maximum absolute atomic E-state index is 5.05. The van der Waals surface area contributed by atoms with Crippen LogP contribution in [0.15, 0.2) is 126 Å². The smallest absolute Gasteiger partial charge is 0.133 e. The predicted molar refractivity (Wildman–Crippen MR) is 141 cm³/mol. The molecule has 0 aliphatic carbocycles. The fourth-order valence-corrected chi connectivity index (χ4v) is 9.87. The van der Waals surface area contributed by atoms with Gasteiger partial charge in [-0.1, -0.05) is 84.9 Å². The Balaban J connectivity index is 2.20. The maximum Gasteiger partial charge on any atom is 0.146 e. The summed E-state index contributed by atoms with van der Waals surface area (Å²) >= 11 is 6.76.